The molecule has 0 spiro atoms. The van der Waals surface area contributed by atoms with Crippen LogP contribution in [-0.4, -0.2) is 6.54 Å². The highest BCUT2D eigenvalue weighted by molar-refractivity contribution is 9.10. The third-order valence-corrected chi connectivity index (χ3v) is 4.66. The van der Waals surface area contributed by atoms with Crippen LogP contribution in [0.5, 0.6) is 0 Å². The lowest BCUT2D eigenvalue weighted by Gasteiger charge is -2.10. The molecule has 0 saturated heterocycles. The lowest BCUT2D eigenvalue weighted by atomic mass is 10.1. The van der Waals surface area contributed by atoms with E-state index in [0.717, 1.165) is 27.3 Å². The zero-order chi connectivity index (χ0) is 14.8. The molecule has 0 amide bonds. The number of benzene rings is 1. The fourth-order valence-corrected chi connectivity index (χ4v) is 3.03. The van der Waals surface area contributed by atoms with Crippen molar-refractivity contribution in [2.45, 2.75) is 65.2 Å². The molecule has 1 aromatic rings. The van der Waals surface area contributed by atoms with E-state index >= 15 is 0 Å². The molecule has 1 nitrogen and oxygen atoms in total. The van der Waals surface area contributed by atoms with Crippen LogP contribution >= 0.6 is 27.5 Å². The second kappa shape index (κ2) is 10.5. The highest BCUT2D eigenvalue weighted by Crippen LogP contribution is 2.29. The Bertz CT molecular complexity index is 393. The van der Waals surface area contributed by atoms with Crippen molar-refractivity contribution in [2.75, 3.05) is 11.9 Å². The molecule has 0 radical (unpaired) electrons. The van der Waals surface area contributed by atoms with Crippen LogP contribution in [0, 0.1) is 6.92 Å². The van der Waals surface area contributed by atoms with Gasteiger partial charge in [-0.05, 0) is 47.0 Å². The van der Waals surface area contributed by atoms with Crippen LogP contribution in [0.15, 0.2) is 16.6 Å². The molecule has 3 heteroatoms. The molecular formula is C17H27BrClN. The first-order valence-corrected chi connectivity index (χ1v) is 9.01. The van der Waals surface area contributed by atoms with Gasteiger partial charge in [-0.3, -0.25) is 0 Å². The van der Waals surface area contributed by atoms with Crippen LogP contribution in [0.2, 0.25) is 5.02 Å². The highest BCUT2D eigenvalue weighted by Gasteiger charge is 2.03. The summed E-state index contributed by atoms with van der Waals surface area (Å²) in [4.78, 5) is 0. The third kappa shape index (κ3) is 6.99. The topological polar surface area (TPSA) is 12.0 Å². The van der Waals surface area contributed by atoms with Gasteiger partial charge in [0.25, 0.3) is 0 Å². The number of hydrogen-bond donors (Lipinski definition) is 1. The zero-order valence-electron chi connectivity index (χ0n) is 12.8. The van der Waals surface area contributed by atoms with Gasteiger partial charge in [-0.2, -0.15) is 0 Å². The molecule has 0 aliphatic carbocycles. The average molecular weight is 361 g/mol. The van der Waals surface area contributed by atoms with Gasteiger partial charge in [0.15, 0.2) is 0 Å². The van der Waals surface area contributed by atoms with Crippen LogP contribution in [-0.2, 0) is 0 Å². The number of rotatable bonds is 10. The van der Waals surface area contributed by atoms with Crippen molar-refractivity contribution in [3.63, 3.8) is 0 Å². The van der Waals surface area contributed by atoms with Gasteiger partial charge in [0.2, 0.25) is 0 Å². The van der Waals surface area contributed by atoms with Crippen molar-refractivity contribution in [2.24, 2.45) is 0 Å². The largest absolute Gasteiger partial charge is 0.384 e. The molecule has 0 unspecified atom stereocenters. The molecule has 0 aromatic heterocycles. The van der Waals surface area contributed by atoms with Gasteiger partial charge in [0, 0.05) is 21.7 Å². The zero-order valence-corrected chi connectivity index (χ0v) is 15.1. The van der Waals surface area contributed by atoms with E-state index in [1.807, 2.05) is 13.0 Å². The first-order valence-electron chi connectivity index (χ1n) is 7.84. The average Bonchev–Trinajstić information content (AvgIpc) is 2.42. The maximum atomic E-state index is 6.15. The number of nitrogens with one attached hydrogen (secondary N) is 1. The molecule has 0 fully saturated rings. The Balaban J connectivity index is 2.11. The van der Waals surface area contributed by atoms with Gasteiger partial charge in [-0.25, -0.2) is 0 Å². The summed E-state index contributed by atoms with van der Waals surface area (Å²) in [5.74, 6) is 0. The molecule has 20 heavy (non-hydrogen) atoms. The fourth-order valence-electron chi connectivity index (χ4n) is 2.26. The van der Waals surface area contributed by atoms with Crippen molar-refractivity contribution in [3.05, 3.63) is 27.2 Å². The summed E-state index contributed by atoms with van der Waals surface area (Å²) >= 11 is 9.73. The number of hydrogen-bond acceptors (Lipinski definition) is 1. The standard InChI is InChI=1S/C17H27BrClN/c1-3-4-5-6-7-8-9-10-11-20-17-13-16(19)14(2)12-15(17)18/h12-13,20H,3-11H2,1-2H3. The van der Waals surface area contributed by atoms with Crippen molar-refractivity contribution in [1.29, 1.82) is 0 Å². The van der Waals surface area contributed by atoms with E-state index in [9.17, 15) is 0 Å². The Kier molecular flexibility index (Phi) is 9.37. The number of anilines is 1. The number of aryl methyl sites for hydroxylation is 1. The fraction of sp³-hybridized carbons (Fsp3) is 0.647. The van der Waals surface area contributed by atoms with Crippen LogP contribution in [0.1, 0.15) is 63.9 Å². The van der Waals surface area contributed by atoms with E-state index in [2.05, 4.69) is 34.2 Å². The summed E-state index contributed by atoms with van der Waals surface area (Å²) in [5, 5.41) is 4.29. The van der Waals surface area contributed by atoms with Crippen LogP contribution in [0.25, 0.3) is 0 Å². The quantitative estimate of drug-likeness (QED) is 0.444. The molecule has 114 valence electrons. The molecule has 0 heterocycles. The predicted molar refractivity (Wildman–Crippen MR) is 95.0 cm³/mol. The van der Waals surface area contributed by atoms with Gasteiger partial charge < -0.3 is 5.32 Å². The van der Waals surface area contributed by atoms with Crippen molar-refractivity contribution in [1.82, 2.24) is 0 Å². The minimum Gasteiger partial charge on any atom is -0.384 e. The summed E-state index contributed by atoms with van der Waals surface area (Å²) in [6.07, 6.45) is 10.8. The maximum absolute atomic E-state index is 6.15. The number of halogens is 2. The lowest BCUT2D eigenvalue weighted by Crippen LogP contribution is -2.02. The van der Waals surface area contributed by atoms with Crippen molar-refractivity contribution < 1.29 is 0 Å². The Morgan fingerprint density at radius 3 is 2.25 bits per heavy atom. The van der Waals surface area contributed by atoms with Crippen molar-refractivity contribution in [3.8, 4) is 0 Å². The predicted octanol–water partition coefficient (Wildman–Crippen LogP) is 6.96. The Hall–Kier alpha value is -0.210. The molecule has 0 aliphatic rings. The monoisotopic (exact) mass is 359 g/mol. The molecule has 1 aromatic carbocycles. The molecule has 0 bridgehead atoms. The van der Waals surface area contributed by atoms with Crippen LogP contribution in [0.4, 0.5) is 5.69 Å². The second-order valence-corrected chi connectivity index (χ2v) is 6.74. The van der Waals surface area contributed by atoms with Gasteiger partial charge in [-0.1, -0.05) is 63.5 Å². The van der Waals surface area contributed by atoms with E-state index in [-0.39, 0.29) is 0 Å². The summed E-state index contributed by atoms with van der Waals surface area (Å²) in [7, 11) is 0. The molecule has 0 atom stereocenters. The second-order valence-electron chi connectivity index (χ2n) is 5.48. The smallest absolute Gasteiger partial charge is 0.0499 e. The summed E-state index contributed by atoms with van der Waals surface area (Å²) < 4.78 is 1.10. The van der Waals surface area contributed by atoms with Gasteiger partial charge >= 0.3 is 0 Å². The van der Waals surface area contributed by atoms with Gasteiger partial charge in [0.1, 0.15) is 0 Å². The number of unbranched alkanes of at least 4 members (excludes halogenated alkanes) is 7. The Morgan fingerprint density at radius 1 is 1.00 bits per heavy atom. The van der Waals surface area contributed by atoms with E-state index in [0.29, 0.717) is 0 Å². The normalized spacial score (nSPS) is 10.8. The molecular weight excluding hydrogens is 334 g/mol. The first kappa shape index (κ1) is 17.8. The first-order chi connectivity index (χ1) is 9.65. The van der Waals surface area contributed by atoms with Crippen LogP contribution < -0.4 is 5.32 Å². The van der Waals surface area contributed by atoms with E-state index in [1.165, 1.54) is 51.4 Å². The molecule has 0 aliphatic heterocycles. The molecule has 0 saturated carbocycles. The van der Waals surface area contributed by atoms with E-state index in [1.54, 1.807) is 0 Å². The Morgan fingerprint density at radius 2 is 1.60 bits per heavy atom. The Labute approximate surface area is 137 Å². The van der Waals surface area contributed by atoms with Gasteiger partial charge in [-0.15, -0.1) is 0 Å². The molecule has 1 N–H and O–H groups in total. The van der Waals surface area contributed by atoms with E-state index in [4.69, 9.17) is 11.6 Å². The lowest BCUT2D eigenvalue weighted by molar-refractivity contribution is 0.581. The van der Waals surface area contributed by atoms with Crippen LogP contribution in [0.3, 0.4) is 0 Å². The van der Waals surface area contributed by atoms with E-state index < -0.39 is 0 Å². The minimum absolute atomic E-state index is 0.826. The summed E-state index contributed by atoms with van der Waals surface area (Å²) in [6.45, 7) is 5.31. The van der Waals surface area contributed by atoms with Gasteiger partial charge in [0.05, 0.1) is 0 Å². The molecule has 1 rings (SSSR count). The minimum atomic E-state index is 0.826. The summed E-state index contributed by atoms with van der Waals surface area (Å²) in [5.41, 5.74) is 2.21. The van der Waals surface area contributed by atoms with Crippen molar-refractivity contribution >= 4 is 33.2 Å². The maximum Gasteiger partial charge on any atom is 0.0499 e. The summed E-state index contributed by atoms with van der Waals surface area (Å²) in [6, 6.07) is 4.07. The SMILES string of the molecule is CCCCCCCCCCNc1cc(Cl)c(C)cc1Br. The third-order valence-electron chi connectivity index (χ3n) is 3.59. The highest BCUT2D eigenvalue weighted by atomic mass is 79.9.